The molecule has 0 bridgehead atoms. The van der Waals surface area contributed by atoms with Crippen LogP contribution in [0.3, 0.4) is 0 Å². The van der Waals surface area contributed by atoms with Crippen LogP contribution in [0.1, 0.15) is 27.7 Å². The van der Waals surface area contributed by atoms with Crippen LogP contribution in [0.2, 0.25) is 0 Å². The summed E-state index contributed by atoms with van der Waals surface area (Å²) in [4.78, 5) is 24.5. The minimum atomic E-state index is -0.966. The van der Waals surface area contributed by atoms with Crippen LogP contribution in [0.4, 0.5) is 4.79 Å². The van der Waals surface area contributed by atoms with Gasteiger partial charge in [-0.2, -0.15) is 0 Å². The van der Waals surface area contributed by atoms with Crippen molar-refractivity contribution in [3.63, 3.8) is 0 Å². The first-order chi connectivity index (χ1) is 8.34. The molecule has 2 atom stereocenters. The third-order valence-corrected chi connectivity index (χ3v) is 4.26. The van der Waals surface area contributed by atoms with Crippen molar-refractivity contribution < 1.29 is 19.4 Å². The molecule has 5 nitrogen and oxygen atoms in total. The molecule has 0 aromatic rings. The van der Waals surface area contributed by atoms with Gasteiger partial charge in [-0.05, 0) is 11.8 Å². The maximum Gasteiger partial charge on any atom is 0.411 e. The minimum Gasteiger partial charge on any atom is -0.480 e. The molecule has 1 N–H and O–H groups in total. The fourth-order valence-corrected chi connectivity index (χ4v) is 3.24. The Morgan fingerprint density at radius 2 is 2.00 bits per heavy atom. The number of carbonyl (C=O) groups excluding carboxylic acids is 1. The number of hydrogen-bond donors (Lipinski definition) is 1. The van der Waals surface area contributed by atoms with E-state index in [2.05, 4.69) is 0 Å². The summed E-state index contributed by atoms with van der Waals surface area (Å²) in [5, 5.41) is 9.03. The average Bonchev–Trinajstić information content (AvgIpc) is 2.70. The molecule has 0 aromatic carbocycles. The number of carboxylic acids is 1. The predicted molar refractivity (Wildman–Crippen MR) is 70.5 cm³/mol. The van der Waals surface area contributed by atoms with Gasteiger partial charge in [0.1, 0.15) is 6.04 Å². The van der Waals surface area contributed by atoms with Crippen molar-refractivity contribution in [2.75, 3.05) is 12.4 Å². The summed E-state index contributed by atoms with van der Waals surface area (Å²) < 4.78 is 5.16. The number of carboxylic acid groups (broad SMARTS) is 1. The van der Waals surface area contributed by atoms with Crippen molar-refractivity contribution in [3.8, 4) is 0 Å². The van der Waals surface area contributed by atoms with Gasteiger partial charge in [-0.25, -0.2) is 9.59 Å². The molecule has 0 spiro atoms. The molecule has 104 valence electrons. The molecule has 18 heavy (non-hydrogen) atoms. The first kappa shape index (κ1) is 15.1. The fourth-order valence-electron chi connectivity index (χ4n) is 1.78. The molecule has 0 saturated carbocycles. The highest BCUT2D eigenvalue weighted by Crippen LogP contribution is 2.34. The van der Waals surface area contributed by atoms with Gasteiger partial charge < -0.3 is 9.84 Å². The van der Waals surface area contributed by atoms with Crippen LogP contribution in [0.5, 0.6) is 0 Å². The monoisotopic (exact) mass is 275 g/mol. The second-order valence-electron chi connectivity index (χ2n) is 5.20. The second kappa shape index (κ2) is 6.31. The number of rotatable bonds is 4. The summed E-state index contributed by atoms with van der Waals surface area (Å²) >= 11 is 1.50. The number of thioether (sulfide) groups is 1. The highest BCUT2D eigenvalue weighted by atomic mass is 32.2. The standard InChI is InChI=1S/C12H21NO4S/c1-7(2)5-17-12(16)13-9(11(14)15)6-18-10(13)8(3)4/h7-10H,5-6H2,1-4H3,(H,14,15). The summed E-state index contributed by atoms with van der Waals surface area (Å²) in [6, 6.07) is -0.776. The van der Waals surface area contributed by atoms with E-state index in [1.165, 1.54) is 16.7 Å². The molecule has 0 aromatic heterocycles. The zero-order valence-electron chi connectivity index (χ0n) is 11.3. The molecule has 1 fully saturated rings. The van der Waals surface area contributed by atoms with E-state index in [4.69, 9.17) is 9.84 Å². The molecule has 0 radical (unpaired) electrons. The Morgan fingerprint density at radius 1 is 1.39 bits per heavy atom. The van der Waals surface area contributed by atoms with Crippen molar-refractivity contribution in [3.05, 3.63) is 0 Å². The summed E-state index contributed by atoms with van der Waals surface area (Å²) in [6.07, 6.45) is -0.514. The number of amides is 1. The molecule has 1 rings (SSSR count). The van der Waals surface area contributed by atoms with Crippen LogP contribution < -0.4 is 0 Å². The molecule has 1 heterocycles. The molecule has 6 heteroatoms. The molecule has 1 aliphatic rings. The van der Waals surface area contributed by atoms with E-state index in [0.717, 1.165) is 0 Å². The molecular weight excluding hydrogens is 254 g/mol. The second-order valence-corrected chi connectivity index (χ2v) is 6.35. The maximum atomic E-state index is 12.0. The van der Waals surface area contributed by atoms with Crippen molar-refractivity contribution in [1.82, 2.24) is 4.90 Å². The van der Waals surface area contributed by atoms with Gasteiger partial charge >= 0.3 is 12.1 Å². The highest BCUT2D eigenvalue weighted by molar-refractivity contribution is 8.00. The van der Waals surface area contributed by atoms with Gasteiger partial charge in [-0.1, -0.05) is 27.7 Å². The van der Waals surface area contributed by atoms with Crippen LogP contribution in [0, 0.1) is 11.8 Å². The number of nitrogens with zero attached hydrogens (tertiary/aromatic N) is 1. The first-order valence-electron chi connectivity index (χ1n) is 6.14. The van der Waals surface area contributed by atoms with Crippen molar-refractivity contribution >= 4 is 23.8 Å². The quantitative estimate of drug-likeness (QED) is 0.852. The van der Waals surface area contributed by atoms with Crippen molar-refractivity contribution in [1.29, 1.82) is 0 Å². The van der Waals surface area contributed by atoms with Crippen LogP contribution >= 0.6 is 11.8 Å². The number of ether oxygens (including phenoxy) is 1. The Kier molecular flexibility index (Phi) is 5.31. The molecule has 1 aliphatic heterocycles. The lowest BCUT2D eigenvalue weighted by molar-refractivity contribution is -0.141. The Hall–Kier alpha value is -0.910. The van der Waals surface area contributed by atoms with Gasteiger partial charge in [0.15, 0.2) is 0 Å². The Morgan fingerprint density at radius 3 is 2.44 bits per heavy atom. The van der Waals surface area contributed by atoms with Gasteiger partial charge in [-0.3, -0.25) is 4.90 Å². The number of carbonyl (C=O) groups is 2. The topological polar surface area (TPSA) is 66.8 Å². The molecule has 0 aliphatic carbocycles. The summed E-state index contributed by atoms with van der Waals surface area (Å²) in [6.45, 7) is 8.16. The van der Waals surface area contributed by atoms with Crippen LogP contribution in [0.25, 0.3) is 0 Å². The van der Waals surface area contributed by atoms with E-state index in [1.807, 2.05) is 27.7 Å². The SMILES string of the molecule is CC(C)COC(=O)N1C(C(=O)O)CSC1C(C)C. The summed E-state index contributed by atoms with van der Waals surface area (Å²) in [7, 11) is 0. The van der Waals surface area contributed by atoms with Crippen molar-refractivity contribution in [2.24, 2.45) is 11.8 Å². The van der Waals surface area contributed by atoms with Crippen molar-refractivity contribution in [2.45, 2.75) is 39.1 Å². The summed E-state index contributed by atoms with van der Waals surface area (Å²) in [5.41, 5.74) is 0. The first-order valence-corrected chi connectivity index (χ1v) is 7.19. The van der Waals surface area contributed by atoms with E-state index >= 15 is 0 Å². The lowest BCUT2D eigenvalue weighted by Crippen LogP contribution is -2.47. The number of hydrogen-bond acceptors (Lipinski definition) is 4. The van der Waals surface area contributed by atoms with E-state index in [0.29, 0.717) is 12.4 Å². The molecule has 1 amide bonds. The third-order valence-electron chi connectivity index (χ3n) is 2.64. The normalized spacial score (nSPS) is 23.8. The van der Waals surface area contributed by atoms with Gasteiger partial charge in [0.2, 0.25) is 0 Å². The Bertz CT molecular complexity index is 319. The Balaban J connectivity index is 2.76. The lowest BCUT2D eigenvalue weighted by Gasteiger charge is -2.29. The third kappa shape index (κ3) is 3.54. The van der Waals surface area contributed by atoms with Crippen LogP contribution in [0.15, 0.2) is 0 Å². The average molecular weight is 275 g/mol. The highest BCUT2D eigenvalue weighted by Gasteiger charge is 2.43. The zero-order chi connectivity index (χ0) is 13.9. The van der Waals surface area contributed by atoms with Gasteiger partial charge in [0, 0.05) is 5.75 Å². The molecule has 1 saturated heterocycles. The fraction of sp³-hybridized carbons (Fsp3) is 0.833. The van der Waals surface area contributed by atoms with E-state index < -0.39 is 18.1 Å². The van der Waals surface area contributed by atoms with E-state index in [1.54, 1.807) is 0 Å². The van der Waals surface area contributed by atoms with Crippen LogP contribution in [-0.2, 0) is 9.53 Å². The predicted octanol–water partition coefficient (Wildman–Crippen LogP) is 2.26. The van der Waals surface area contributed by atoms with E-state index in [9.17, 15) is 9.59 Å². The lowest BCUT2D eigenvalue weighted by atomic mass is 10.2. The Labute approximate surface area is 112 Å². The smallest absolute Gasteiger partial charge is 0.411 e. The molecular formula is C12H21NO4S. The van der Waals surface area contributed by atoms with Gasteiger partial charge in [0.05, 0.1) is 12.0 Å². The number of aliphatic carboxylic acids is 1. The minimum absolute atomic E-state index is 0.120. The maximum absolute atomic E-state index is 12.0. The van der Waals surface area contributed by atoms with Gasteiger partial charge in [0.25, 0.3) is 0 Å². The molecule has 2 unspecified atom stereocenters. The van der Waals surface area contributed by atoms with E-state index in [-0.39, 0.29) is 17.2 Å². The van der Waals surface area contributed by atoms with Crippen LogP contribution in [-0.4, -0.2) is 45.8 Å². The zero-order valence-corrected chi connectivity index (χ0v) is 12.1. The largest absolute Gasteiger partial charge is 0.480 e. The van der Waals surface area contributed by atoms with Gasteiger partial charge in [-0.15, -0.1) is 11.8 Å². The summed E-state index contributed by atoms with van der Waals surface area (Å²) in [5.74, 6) is -0.0994.